The summed E-state index contributed by atoms with van der Waals surface area (Å²) in [5, 5.41) is 21.6. The van der Waals surface area contributed by atoms with Gasteiger partial charge in [0.25, 0.3) is 5.91 Å². The molecule has 5 heteroatoms. The molecule has 104 valence electrons. The van der Waals surface area contributed by atoms with E-state index < -0.39 is 0 Å². The Labute approximate surface area is 117 Å². The number of hydrogen-bond acceptors (Lipinski definition) is 3. The van der Waals surface area contributed by atoms with Gasteiger partial charge in [0.15, 0.2) is 0 Å². The highest BCUT2D eigenvalue weighted by atomic mass is 35.5. The van der Waals surface area contributed by atoms with Gasteiger partial charge in [-0.2, -0.15) is 0 Å². The average Bonchev–Trinajstić information content (AvgIpc) is 2.36. The Morgan fingerprint density at radius 1 is 1.21 bits per heavy atom. The number of rotatable bonds is 3. The first-order valence-corrected chi connectivity index (χ1v) is 6.95. The first-order valence-electron chi connectivity index (χ1n) is 6.51. The van der Waals surface area contributed by atoms with E-state index in [-0.39, 0.29) is 28.3 Å². The smallest absolute Gasteiger partial charge is 0.251 e. The minimum absolute atomic E-state index is 0.117. The van der Waals surface area contributed by atoms with Gasteiger partial charge in [0, 0.05) is 23.6 Å². The Balaban J connectivity index is 1.93. The Bertz CT molecular complexity index is 444. The lowest BCUT2D eigenvalue weighted by Gasteiger charge is -2.27. The monoisotopic (exact) mass is 283 g/mol. The van der Waals surface area contributed by atoms with Crippen molar-refractivity contribution in [2.75, 3.05) is 6.54 Å². The topological polar surface area (TPSA) is 69.6 Å². The molecule has 2 unspecified atom stereocenters. The number of phenolic OH excluding ortho intramolecular Hbond substituents is 2. The number of nitrogens with one attached hydrogen (secondary N) is 1. The quantitative estimate of drug-likeness (QED) is 0.747. The van der Waals surface area contributed by atoms with Crippen LogP contribution in [0, 0.1) is 5.92 Å². The molecule has 1 saturated carbocycles. The van der Waals surface area contributed by atoms with Crippen LogP contribution in [0.2, 0.25) is 0 Å². The van der Waals surface area contributed by atoms with E-state index in [0.29, 0.717) is 12.5 Å². The van der Waals surface area contributed by atoms with Gasteiger partial charge < -0.3 is 15.5 Å². The van der Waals surface area contributed by atoms with Crippen LogP contribution in [-0.4, -0.2) is 28.0 Å². The molecule has 1 aliphatic rings. The van der Waals surface area contributed by atoms with E-state index >= 15 is 0 Å². The molecule has 1 aliphatic carbocycles. The number of alkyl halides is 1. The molecule has 2 rings (SSSR count). The van der Waals surface area contributed by atoms with Crippen molar-refractivity contribution in [3.05, 3.63) is 23.8 Å². The normalized spacial score (nSPS) is 23.0. The third kappa shape index (κ3) is 3.77. The zero-order valence-electron chi connectivity index (χ0n) is 10.6. The van der Waals surface area contributed by atoms with Gasteiger partial charge >= 0.3 is 0 Å². The fourth-order valence-corrected chi connectivity index (χ4v) is 2.81. The van der Waals surface area contributed by atoms with Crippen molar-refractivity contribution in [2.45, 2.75) is 31.1 Å². The lowest BCUT2D eigenvalue weighted by molar-refractivity contribution is 0.0943. The molecule has 19 heavy (non-hydrogen) atoms. The minimum atomic E-state index is -0.305. The lowest BCUT2D eigenvalue weighted by atomic mass is 9.88. The summed E-state index contributed by atoms with van der Waals surface area (Å²) < 4.78 is 0. The van der Waals surface area contributed by atoms with Crippen molar-refractivity contribution in [2.24, 2.45) is 5.92 Å². The summed E-state index contributed by atoms with van der Waals surface area (Å²) in [6.07, 6.45) is 4.32. The Morgan fingerprint density at radius 3 is 2.47 bits per heavy atom. The molecule has 0 bridgehead atoms. The maximum Gasteiger partial charge on any atom is 0.251 e. The van der Waals surface area contributed by atoms with Gasteiger partial charge in [-0.05, 0) is 30.9 Å². The van der Waals surface area contributed by atoms with E-state index in [1.165, 1.54) is 18.2 Å². The van der Waals surface area contributed by atoms with Crippen molar-refractivity contribution >= 4 is 17.5 Å². The van der Waals surface area contributed by atoms with Crippen molar-refractivity contribution in [1.29, 1.82) is 0 Å². The summed E-state index contributed by atoms with van der Waals surface area (Å²) in [5.74, 6) is -0.262. The third-order valence-corrected chi connectivity index (χ3v) is 4.08. The maximum atomic E-state index is 11.9. The summed E-state index contributed by atoms with van der Waals surface area (Å²) in [4.78, 5) is 11.9. The molecule has 1 aromatic carbocycles. The van der Waals surface area contributed by atoms with E-state index in [1.54, 1.807) is 0 Å². The predicted molar refractivity (Wildman–Crippen MR) is 73.7 cm³/mol. The number of amides is 1. The predicted octanol–water partition coefficient (Wildman–Crippen LogP) is 2.63. The number of halogens is 1. The number of carbonyl (C=O) groups is 1. The summed E-state index contributed by atoms with van der Waals surface area (Å²) in [6.45, 7) is 0.531. The number of phenols is 2. The Morgan fingerprint density at radius 2 is 1.84 bits per heavy atom. The maximum absolute atomic E-state index is 11.9. The number of aromatic hydroxyl groups is 2. The Kier molecular flexibility index (Phi) is 4.53. The SMILES string of the molecule is O=C(NCC1CCCCC1Cl)c1cc(O)cc(O)c1. The Hall–Kier alpha value is -1.42. The largest absolute Gasteiger partial charge is 0.508 e. The first kappa shape index (κ1) is 14.0. The highest BCUT2D eigenvalue weighted by Crippen LogP contribution is 2.28. The average molecular weight is 284 g/mol. The summed E-state index contributed by atoms with van der Waals surface area (Å²) in [5.41, 5.74) is 0.249. The molecule has 3 N–H and O–H groups in total. The van der Waals surface area contributed by atoms with Crippen LogP contribution < -0.4 is 5.32 Å². The van der Waals surface area contributed by atoms with Crippen LogP contribution in [0.1, 0.15) is 36.0 Å². The van der Waals surface area contributed by atoms with E-state index in [9.17, 15) is 15.0 Å². The summed E-state index contributed by atoms with van der Waals surface area (Å²) >= 11 is 6.23. The van der Waals surface area contributed by atoms with Crippen LogP contribution in [0.25, 0.3) is 0 Å². The van der Waals surface area contributed by atoms with Crippen molar-refractivity contribution in [1.82, 2.24) is 5.32 Å². The molecule has 1 aromatic rings. The van der Waals surface area contributed by atoms with E-state index in [2.05, 4.69) is 5.32 Å². The number of hydrogen-bond donors (Lipinski definition) is 3. The zero-order valence-corrected chi connectivity index (χ0v) is 11.4. The fourth-order valence-electron chi connectivity index (χ4n) is 2.44. The second-order valence-corrected chi connectivity index (χ2v) is 5.57. The van der Waals surface area contributed by atoms with Crippen molar-refractivity contribution in [3.63, 3.8) is 0 Å². The second kappa shape index (κ2) is 6.15. The molecule has 0 aliphatic heterocycles. The van der Waals surface area contributed by atoms with E-state index in [0.717, 1.165) is 25.7 Å². The summed E-state index contributed by atoms with van der Waals surface area (Å²) in [7, 11) is 0. The standard InChI is InChI=1S/C14H18ClNO3/c15-13-4-2-1-3-9(13)8-16-14(19)10-5-11(17)7-12(18)6-10/h5-7,9,13,17-18H,1-4,8H2,(H,16,19). The van der Waals surface area contributed by atoms with Crippen molar-refractivity contribution < 1.29 is 15.0 Å². The van der Waals surface area contributed by atoms with Gasteiger partial charge in [0.2, 0.25) is 0 Å². The lowest BCUT2D eigenvalue weighted by Crippen LogP contribution is -2.34. The highest BCUT2D eigenvalue weighted by molar-refractivity contribution is 6.20. The van der Waals surface area contributed by atoms with Gasteiger partial charge in [0.05, 0.1) is 0 Å². The van der Waals surface area contributed by atoms with Crippen LogP contribution in [0.15, 0.2) is 18.2 Å². The fraction of sp³-hybridized carbons (Fsp3) is 0.500. The number of carbonyl (C=O) groups excluding carboxylic acids is 1. The molecule has 0 saturated heterocycles. The van der Waals surface area contributed by atoms with Crippen molar-refractivity contribution in [3.8, 4) is 11.5 Å². The summed E-state index contributed by atoms with van der Waals surface area (Å²) in [6, 6.07) is 3.84. The van der Waals surface area contributed by atoms with Gasteiger partial charge in [-0.1, -0.05) is 12.8 Å². The molecule has 0 radical (unpaired) electrons. The molecular formula is C14H18ClNO3. The molecule has 0 spiro atoms. The van der Waals surface area contributed by atoms with Gasteiger partial charge in [-0.15, -0.1) is 11.6 Å². The number of benzene rings is 1. The molecule has 2 atom stereocenters. The third-order valence-electron chi connectivity index (χ3n) is 3.51. The molecular weight excluding hydrogens is 266 g/mol. The van der Waals surface area contributed by atoms with E-state index in [1.807, 2.05) is 0 Å². The van der Waals surface area contributed by atoms with Gasteiger partial charge in [-0.25, -0.2) is 0 Å². The van der Waals surface area contributed by atoms with Gasteiger partial charge in [-0.3, -0.25) is 4.79 Å². The van der Waals surface area contributed by atoms with Gasteiger partial charge in [0.1, 0.15) is 11.5 Å². The highest BCUT2D eigenvalue weighted by Gasteiger charge is 2.23. The molecule has 4 nitrogen and oxygen atoms in total. The van der Waals surface area contributed by atoms with Crippen LogP contribution in [0.3, 0.4) is 0 Å². The first-order chi connectivity index (χ1) is 9.06. The molecule has 1 amide bonds. The van der Waals surface area contributed by atoms with E-state index in [4.69, 9.17) is 11.6 Å². The second-order valence-electron chi connectivity index (χ2n) is 5.01. The molecule has 0 heterocycles. The van der Waals surface area contributed by atoms with Crippen LogP contribution in [0.5, 0.6) is 11.5 Å². The molecule has 1 fully saturated rings. The molecule has 0 aromatic heterocycles. The zero-order chi connectivity index (χ0) is 13.8. The minimum Gasteiger partial charge on any atom is -0.508 e. The van der Waals surface area contributed by atoms with Crippen LogP contribution >= 0.6 is 11.6 Å². The van der Waals surface area contributed by atoms with Crippen LogP contribution in [0.4, 0.5) is 0 Å². The van der Waals surface area contributed by atoms with Crippen LogP contribution in [-0.2, 0) is 0 Å².